The van der Waals surface area contributed by atoms with Crippen molar-refractivity contribution < 1.29 is 4.79 Å². The Bertz CT molecular complexity index is 579. The summed E-state index contributed by atoms with van der Waals surface area (Å²) in [5.74, 6) is -0.0602. The summed E-state index contributed by atoms with van der Waals surface area (Å²) in [5, 5.41) is 9.12. The number of aryl methyl sites for hydroxylation is 1. The van der Waals surface area contributed by atoms with E-state index in [4.69, 9.17) is 0 Å². The van der Waals surface area contributed by atoms with Crippen molar-refractivity contribution in [3.05, 3.63) is 45.9 Å². The molecule has 1 atom stereocenters. The Labute approximate surface area is 103 Å². The third kappa shape index (κ3) is 1.78. The van der Waals surface area contributed by atoms with Crippen LogP contribution in [0, 0.1) is 6.92 Å². The molecule has 86 valence electrons. The van der Waals surface area contributed by atoms with Gasteiger partial charge in [0, 0.05) is 11.1 Å². The van der Waals surface area contributed by atoms with Crippen LogP contribution < -0.4 is 10.6 Å². The van der Waals surface area contributed by atoms with E-state index >= 15 is 0 Å². The summed E-state index contributed by atoms with van der Waals surface area (Å²) in [6, 6.07) is 7.47. The molecule has 3 rings (SSSR count). The van der Waals surface area contributed by atoms with Gasteiger partial charge in [-0.05, 0) is 19.1 Å². The quantitative estimate of drug-likeness (QED) is 0.810. The number of fused-ring (bicyclic) bond motifs is 1. The lowest BCUT2D eigenvalue weighted by Crippen LogP contribution is -2.38. The first-order chi connectivity index (χ1) is 8.24. The number of anilines is 1. The minimum absolute atomic E-state index is 0.0602. The zero-order valence-corrected chi connectivity index (χ0v) is 10.0. The van der Waals surface area contributed by atoms with Crippen molar-refractivity contribution >= 4 is 22.9 Å². The number of rotatable bonds is 1. The first-order valence-electron chi connectivity index (χ1n) is 5.32. The Morgan fingerprint density at radius 1 is 1.29 bits per heavy atom. The maximum atomic E-state index is 11.9. The monoisotopic (exact) mass is 245 g/mol. The number of carbonyl (C=O) groups excluding carboxylic acids is 1. The van der Waals surface area contributed by atoms with Crippen molar-refractivity contribution in [1.29, 1.82) is 0 Å². The highest BCUT2D eigenvalue weighted by atomic mass is 32.1. The molecule has 0 unspecified atom stereocenters. The van der Waals surface area contributed by atoms with E-state index in [9.17, 15) is 4.79 Å². The molecule has 17 heavy (non-hydrogen) atoms. The molecule has 1 aromatic carbocycles. The van der Waals surface area contributed by atoms with Crippen LogP contribution in [0.2, 0.25) is 0 Å². The fourth-order valence-corrected chi connectivity index (χ4v) is 2.51. The van der Waals surface area contributed by atoms with Gasteiger partial charge in [0.1, 0.15) is 6.17 Å². The summed E-state index contributed by atoms with van der Waals surface area (Å²) in [7, 11) is 0. The Balaban J connectivity index is 1.96. The molecule has 0 fully saturated rings. The van der Waals surface area contributed by atoms with Crippen LogP contribution in [0.1, 0.15) is 27.2 Å². The summed E-state index contributed by atoms with van der Waals surface area (Å²) >= 11 is 1.58. The van der Waals surface area contributed by atoms with Crippen LogP contribution in [-0.2, 0) is 0 Å². The molecule has 1 aliphatic rings. The molecular formula is C12H11N3OS. The van der Waals surface area contributed by atoms with Gasteiger partial charge in [-0.1, -0.05) is 12.1 Å². The van der Waals surface area contributed by atoms with E-state index in [-0.39, 0.29) is 12.1 Å². The Hall–Kier alpha value is -1.88. The van der Waals surface area contributed by atoms with E-state index in [1.807, 2.05) is 30.5 Å². The van der Waals surface area contributed by atoms with Crippen LogP contribution in [0.4, 0.5) is 5.69 Å². The van der Waals surface area contributed by atoms with Gasteiger partial charge in [-0.2, -0.15) is 0 Å². The zero-order valence-electron chi connectivity index (χ0n) is 9.23. The SMILES string of the molecule is Cc1nc([C@H]2NC(=O)c3ccccc3N2)cs1. The summed E-state index contributed by atoms with van der Waals surface area (Å²) in [4.78, 5) is 16.3. The highest BCUT2D eigenvalue weighted by Crippen LogP contribution is 2.26. The minimum atomic E-state index is -0.234. The van der Waals surface area contributed by atoms with E-state index in [0.29, 0.717) is 5.56 Å². The predicted octanol–water partition coefficient (Wildman–Crippen LogP) is 2.31. The smallest absolute Gasteiger partial charge is 0.255 e. The number of aromatic nitrogens is 1. The van der Waals surface area contributed by atoms with Gasteiger partial charge >= 0.3 is 0 Å². The molecule has 0 radical (unpaired) electrons. The molecular weight excluding hydrogens is 234 g/mol. The largest absolute Gasteiger partial charge is 0.360 e. The van der Waals surface area contributed by atoms with Crippen molar-refractivity contribution in [1.82, 2.24) is 10.3 Å². The van der Waals surface area contributed by atoms with Crippen molar-refractivity contribution in [2.75, 3.05) is 5.32 Å². The number of benzene rings is 1. The van der Waals surface area contributed by atoms with Crippen molar-refractivity contribution in [2.45, 2.75) is 13.1 Å². The van der Waals surface area contributed by atoms with E-state index in [2.05, 4.69) is 15.6 Å². The van der Waals surface area contributed by atoms with Crippen LogP contribution in [-0.4, -0.2) is 10.9 Å². The lowest BCUT2D eigenvalue weighted by Gasteiger charge is -2.26. The molecule has 4 nitrogen and oxygen atoms in total. The number of nitrogens with one attached hydrogen (secondary N) is 2. The van der Waals surface area contributed by atoms with Gasteiger partial charge in [0.2, 0.25) is 0 Å². The fourth-order valence-electron chi connectivity index (χ4n) is 1.87. The number of hydrogen-bond acceptors (Lipinski definition) is 4. The standard InChI is InChI=1S/C12H11N3OS/c1-7-13-10(6-17-7)11-14-9-5-3-2-4-8(9)12(16)15-11/h2-6,11,14H,1H3,(H,15,16)/t11-/m1/s1. The first kappa shape index (κ1) is 10.3. The number of hydrogen-bond donors (Lipinski definition) is 2. The van der Waals surface area contributed by atoms with E-state index in [1.165, 1.54) is 0 Å². The van der Waals surface area contributed by atoms with Gasteiger partial charge in [0.15, 0.2) is 0 Å². The first-order valence-corrected chi connectivity index (χ1v) is 6.20. The lowest BCUT2D eigenvalue weighted by molar-refractivity contribution is 0.0935. The Morgan fingerprint density at radius 2 is 2.12 bits per heavy atom. The normalized spacial score (nSPS) is 18.2. The second-order valence-electron chi connectivity index (χ2n) is 3.89. The predicted molar refractivity (Wildman–Crippen MR) is 67.1 cm³/mol. The molecule has 0 saturated heterocycles. The molecule has 2 N–H and O–H groups in total. The average Bonchev–Trinajstić information content (AvgIpc) is 2.76. The van der Waals surface area contributed by atoms with E-state index in [1.54, 1.807) is 17.4 Å². The second kappa shape index (κ2) is 3.85. The maximum absolute atomic E-state index is 11.9. The highest BCUT2D eigenvalue weighted by Gasteiger charge is 2.25. The van der Waals surface area contributed by atoms with Gasteiger partial charge in [-0.15, -0.1) is 11.3 Å². The van der Waals surface area contributed by atoms with Crippen LogP contribution in [0.15, 0.2) is 29.6 Å². The van der Waals surface area contributed by atoms with Gasteiger partial charge in [0.25, 0.3) is 5.91 Å². The van der Waals surface area contributed by atoms with Crippen molar-refractivity contribution in [2.24, 2.45) is 0 Å². The molecule has 0 spiro atoms. The molecule has 2 aromatic rings. The number of amides is 1. The number of thiazole rings is 1. The number of para-hydroxylation sites is 1. The topological polar surface area (TPSA) is 54.0 Å². The van der Waals surface area contributed by atoms with Gasteiger partial charge in [-0.3, -0.25) is 4.79 Å². The lowest BCUT2D eigenvalue weighted by atomic mass is 10.1. The summed E-state index contributed by atoms with van der Waals surface area (Å²) in [6.07, 6.45) is -0.234. The number of nitrogens with zero attached hydrogens (tertiary/aromatic N) is 1. The summed E-state index contributed by atoms with van der Waals surface area (Å²) in [5.41, 5.74) is 2.39. The second-order valence-corrected chi connectivity index (χ2v) is 4.95. The number of carbonyl (C=O) groups is 1. The van der Waals surface area contributed by atoms with E-state index < -0.39 is 0 Å². The van der Waals surface area contributed by atoms with Gasteiger partial charge < -0.3 is 10.6 Å². The molecule has 0 saturated carbocycles. The van der Waals surface area contributed by atoms with Crippen LogP contribution >= 0.6 is 11.3 Å². The third-order valence-corrected chi connectivity index (χ3v) is 3.47. The fraction of sp³-hybridized carbons (Fsp3) is 0.167. The molecule has 0 aliphatic carbocycles. The van der Waals surface area contributed by atoms with E-state index in [0.717, 1.165) is 16.4 Å². The van der Waals surface area contributed by atoms with Crippen LogP contribution in [0.3, 0.4) is 0 Å². The molecule has 0 bridgehead atoms. The van der Waals surface area contributed by atoms with Crippen LogP contribution in [0.5, 0.6) is 0 Å². The van der Waals surface area contributed by atoms with Crippen molar-refractivity contribution in [3.63, 3.8) is 0 Å². The van der Waals surface area contributed by atoms with Crippen LogP contribution in [0.25, 0.3) is 0 Å². The van der Waals surface area contributed by atoms with Gasteiger partial charge in [0.05, 0.1) is 16.3 Å². The molecule has 5 heteroatoms. The molecule has 1 amide bonds. The average molecular weight is 245 g/mol. The maximum Gasteiger partial charge on any atom is 0.255 e. The zero-order chi connectivity index (χ0) is 11.8. The third-order valence-electron chi connectivity index (χ3n) is 2.68. The molecule has 2 heterocycles. The van der Waals surface area contributed by atoms with Crippen molar-refractivity contribution in [3.8, 4) is 0 Å². The highest BCUT2D eigenvalue weighted by molar-refractivity contribution is 7.09. The summed E-state index contributed by atoms with van der Waals surface area (Å²) in [6.45, 7) is 1.95. The Morgan fingerprint density at radius 3 is 2.88 bits per heavy atom. The Kier molecular flexibility index (Phi) is 2.33. The van der Waals surface area contributed by atoms with Gasteiger partial charge in [-0.25, -0.2) is 4.98 Å². The minimum Gasteiger partial charge on any atom is -0.360 e. The summed E-state index contributed by atoms with van der Waals surface area (Å²) < 4.78 is 0. The molecule has 1 aliphatic heterocycles. The molecule has 1 aromatic heterocycles.